The van der Waals surface area contributed by atoms with Crippen LogP contribution in [0.3, 0.4) is 0 Å². The van der Waals surface area contributed by atoms with Crippen LogP contribution in [0.25, 0.3) is 0 Å². The monoisotopic (exact) mass is 443 g/mol. The Balaban J connectivity index is 1.90. The molecule has 4 rings (SSSR count). The van der Waals surface area contributed by atoms with Crippen molar-refractivity contribution in [1.29, 1.82) is 0 Å². The molecule has 1 N–H and O–H groups in total. The number of hydrogen-bond acceptors (Lipinski definition) is 4. The van der Waals surface area contributed by atoms with Gasteiger partial charge in [-0.2, -0.15) is 0 Å². The minimum atomic E-state index is -1.11. The van der Waals surface area contributed by atoms with Crippen molar-refractivity contribution in [2.45, 2.75) is 37.3 Å². The van der Waals surface area contributed by atoms with Gasteiger partial charge in [0, 0.05) is 31.2 Å². The van der Waals surface area contributed by atoms with Gasteiger partial charge in [-0.25, -0.2) is 0 Å². The first kappa shape index (κ1) is 21.4. The van der Waals surface area contributed by atoms with Gasteiger partial charge in [-0.3, -0.25) is 14.4 Å². The van der Waals surface area contributed by atoms with Crippen LogP contribution < -0.4 is 5.32 Å². The molecular weight excluding hydrogens is 418 g/mol. The highest BCUT2D eigenvalue weighted by atomic mass is 35.5. The van der Waals surface area contributed by atoms with E-state index in [0.717, 1.165) is 12.8 Å². The van der Waals surface area contributed by atoms with Gasteiger partial charge in [-0.1, -0.05) is 11.6 Å². The molecule has 0 saturated carbocycles. The van der Waals surface area contributed by atoms with Gasteiger partial charge >= 0.3 is 0 Å². The average molecular weight is 444 g/mol. The summed E-state index contributed by atoms with van der Waals surface area (Å²) in [5, 5.41) is 3.23. The Morgan fingerprint density at radius 2 is 1.94 bits per heavy atom. The quantitative estimate of drug-likeness (QED) is 0.789. The van der Waals surface area contributed by atoms with Crippen molar-refractivity contribution >= 4 is 29.3 Å². The summed E-state index contributed by atoms with van der Waals surface area (Å²) in [5.41, 5.74) is -0.700. The molecule has 0 aliphatic carbocycles. The van der Waals surface area contributed by atoms with Crippen LogP contribution in [0.4, 0.5) is 0 Å². The highest BCUT2D eigenvalue weighted by Gasteiger charge is 2.61. The highest BCUT2D eigenvalue weighted by molar-refractivity contribution is 6.30. The van der Waals surface area contributed by atoms with Crippen LogP contribution in [0.15, 0.2) is 47.1 Å². The zero-order valence-electron chi connectivity index (χ0n) is 17.6. The molecule has 0 unspecified atom stereocenters. The second-order valence-corrected chi connectivity index (χ2v) is 8.72. The molecule has 3 amide bonds. The number of nitrogens with one attached hydrogen (secondary N) is 1. The topological polar surface area (TPSA) is 82.9 Å². The van der Waals surface area contributed by atoms with Crippen LogP contribution in [0.1, 0.15) is 47.8 Å². The molecule has 2 aromatic rings. The molecule has 31 heavy (non-hydrogen) atoms. The van der Waals surface area contributed by atoms with Crippen LogP contribution in [-0.4, -0.2) is 53.7 Å². The van der Waals surface area contributed by atoms with E-state index in [0.29, 0.717) is 29.3 Å². The zero-order chi connectivity index (χ0) is 22.2. The largest absolute Gasteiger partial charge is 0.467 e. The number of amides is 3. The standard InChI is InChI=1S/C23H26ClN3O4/c1-25-20(28)17-14-23(11-3-4-12-26(2)22(23)30)27(19(17)18-6-5-13-31-18)21(29)15-7-9-16(24)10-8-15/h5-10,13,17,19H,3-4,11-12,14H2,1-2H3,(H,25,28)/t17-,19+,23-/m0/s1. The molecule has 7 nitrogen and oxygen atoms in total. The number of halogens is 1. The molecule has 2 aliphatic heterocycles. The van der Waals surface area contributed by atoms with Gasteiger partial charge in [0.25, 0.3) is 5.91 Å². The van der Waals surface area contributed by atoms with E-state index in [4.69, 9.17) is 16.0 Å². The number of carbonyl (C=O) groups excluding carboxylic acids is 3. The summed E-state index contributed by atoms with van der Waals surface area (Å²) >= 11 is 6.02. The van der Waals surface area contributed by atoms with Crippen LogP contribution in [0, 0.1) is 5.92 Å². The Labute approximate surface area is 186 Å². The summed E-state index contributed by atoms with van der Waals surface area (Å²) in [7, 11) is 3.33. The fourth-order valence-corrected chi connectivity index (χ4v) is 5.15. The molecular formula is C23H26ClN3O4. The highest BCUT2D eigenvalue weighted by Crippen LogP contribution is 2.51. The van der Waals surface area contributed by atoms with Gasteiger partial charge in [0.15, 0.2) is 0 Å². The molecule has 164 valence electrons. The van der Waals surface area contributed by atoms with Crippen LogP contribution >= 0.6 is 11.6 Å². The lowest BCUT2D eigenvalue weighted by Crippen LogP contribution is -2.57. The molecule has 1 spiro atoms. The van der Waals surface area contributed by atoms with Crippen molar-refractivity contribution in [3.8, 4) is 0 Å². The van der Waals surface area contributed by atoms with Gasteiger partial charge in [0.2, 0.25) is 11.8 Å². The first-order chi connectivity index (χ1) is 14.9. The van der Waals surface area contributed by atoms with Crippen molar-refractivity contribution in [1.82, 2.24) is 15.1 Å². The molecule has 1 aromatic heterocycles. The second kappa shape index (κ2) is 8.38. The molecule has 2 aliphatic rings. The Kier molecular flexibility index (Phi) is 5.79. The third-order valence-electron chi connectivity index (χ3n) is 6.48. The SMILES string of the molecule is CNC(=O)[C@H]1C[C@]2(CCCCN(C)C2=O)N(C(=O)c2ccc(Cl)cc2)[C@H]1c1ccco1. The minimum Gasteiger partial charge on any atom is -0.467 e. The molecule has 1 aromatic carbocycles. The summed E-state index contributed by atoms with van der Waals surface area (Å²) in [6, 6.07) is 9.40. The number of benzene rings is 1. The van der Waals surface area contributed by atoms with Gasteiger partial charge < -0.3 is 19.5 Å². The molecule has 3 atom stereocenters. The molecule has 0 radical (unpaired) electrons. The second-order valence-electron chi connectivity index (χ2n) is 8.28. The van der Waals surface area contributed by atoms with Crippen LogP contribution in [0.5, 0.6) is 0 Å². The molecule has 3 heterocycles. The number of nitrogens with zero attached hydrogens (tertiary/aromatic N) is 2. The first-order valence-electron chi connectivity index (χ1n) is 10.5. The maximum Gasteiger partial charge on any atom is 0.255 e. The Morgan fingerprint density at radius 1 is 1.19 bits per heavy atom. The summed E-state index contributed by atoms with van der Waals surface area (Å²) in [5.74, 6) is -0.773. The third kappa shape index (κ3) is 3.61. The molecule has 8 heteroatoms. The van der Waals surface area contributed by atoms with Gasteiger partial charge in [0.05, 0.1) is 12.2 Å². The van der Waals surface area contributed by atoms with E-state index in [9.17, 15) is 14.4 Å². The average Bonchev–Trinajstić information content (AvgIpc) is 3.39. The Hall–Kier alpha value is -2.80. The predicted octanol–water partition coefficient (Wildman–Crippen LogP) is 3.26. The Bertz CT molecular complexity index is 975. The smallest absolute Gasteiger partial charge is 0.255 e. The maximum atomic E-state index is 13.9. The maximum absolute atomic E-state index is 13.9. The summed E-state index contributed by atoms with van der Waals surface area (Å²) in [6.45, 7) is 0.625. The van der Waals surface area contributed by atoms with E-state index >= 15 is 0 Å². The lowest BCUT2D eigenvalue weighted by molar-refractivity contribution is -0.140. The summed E-state index contributed by atoms with van der Waals surface area (Å²) in [6.07, 6.45) is 3.91. The van der Waals surface area contributed by atoms with Gasteiger partial charge in [0.1, 0.15) is 17.3 Å². The van der Waals surface area contributed by atoms with E-state index in [2.05, 4.69) is 5.32 Å². The summed E-state index contributed by atoms with van der Waals surface area (Å²) in [4.78, 5) is 43.8. The van der Waals surface area contributed by atoms with E-state index in [1.807, 2.05) is 0 Å². The van der Waals surface area contributed by atoms with Crippen molar-refractivity contribution in [2.24, 2.45) is 5.92 Å². The van der Waals surface area contributed by atoms with E-state index in [1.54, 1.807) is 60.3 Å². The Morgan fingerprint density at radius 3 is 2.58 bits per heavy atom. The number of likely N-dealkylation sites (tertiary alicyclic amines) is 2. The number of hydrogen-bond donors (Lipinski definition) is 1. The lowest BCUT2D eigenvalue weighted by Gasteiger charge is -2.40. The van der Waals surface area contributed by atoms with Gasteiger partial charge in [-0.15, -0.1) is 0 Å². The fourth-order valence-electron chi connectivity index (χ4n) is 5.02. The summed E-state index contributed by atoms with van der Waals surface area (Å²) < 4.78 is 5.69. The van der Waals surface area contributed by atoms with Crippen molar-refractivity contribution in [3.05, 3.63) is 59.0 Å². The number of likely N-dealkylation sites (N-methyl/N-ethyl adjacent to an activating group) is 1. The first-order valence-corrected chi connectivity index (χ1v) is 10.9. The normalized spacial score (nSPS) is 26.2. The molecule has 2 fully saturated rings. The van der Waals surface area contributed by atoms with Crippen molar-refractivity contribution < 1.29 is 18.8 Å². The van der Waals surface area contributed by atoms with Crippen molar-refractivity contribution in [2.75, 3.05) is 20.6 Å². The van der Waals surface area contributed by atoms with Crippen molar-refractivity contribution in [3.63, 3.8) is 0 Å². The third-order valence-corrected chi connectivity index (χ3v) is 6.74. The molecule has 0 bridgehead atoms. The minimum absolute atomic E-state index is 0.129. The zero-order valence-corrected chi connectivity index (χ0v) is 18.4. The van der Waals surface area contributed by atoms with Gasteiger partial charge in [-0.05, 0) is 62.1 Å². The van der Waals surface area contributed by atoms with E-state index in [1.165, 1.54) is 6.26 Å². The molecule has 2 saturated heterocycles. The van der Waals surface area contributed by atoms with Crippen LogP contribution in [-0.2, 0) is 9.59 Å². The lowest BCUT2D eigenvalue weighted by atomic mass is 9.85. The predicted molar refractivity (Wildman–Crippen MR) is 115 cm³/mol. The number of rotatable bonds is 3. The van der Waals surface area contributed by atoms with Crippen LogP contribution in [0.2, 0.25) is 5.02 Å². The van der Waals surface area contributed by atoms with E-state index < -0.39 is 17.5 Å². The fraction of sp³-hybridized carbons (Fsp3) is 0.435. The van der Waals surface area contributed by atoms with E-state index in [-0.39, 0.29) is 24.1 Å². The number of furan rings is 1. The number of carbonyl (C=O) groups is 3.